The molecule has 0 amide bonds. The standard InChI is InChI=1S/C14H20O3/c1-10(15)5-6-13(4)11(16)14(9-17-14)8-7-12(13,2)3/h5-6H,7-9H2,1-4H3. The van der Waals surface area contributed by atoms with Crippen LogP contribution in [0.2, 0.25) is 0 Å². The van der Waals surface area contributed by atoms with Crippen LogP contribution in [0.1, 0.15) is 40.5 Å². The molecule has 2 unspecified atom stereocenters. The lowest BCUT2D eigenvalue weighted by Gasteiger charge is -2.46. The van der Waals surface area contributed by atoms with Crippen molar-refractivity contribution in [3.63, 3.8) is 0 Å². The van der Waals surface area contributed by atoms with E-state index in [2.05, 4.69) is 13.8 Å². The van der Waals surface area contributed by atoms with Gasteiger partial charge >= 0.3 is 0 Å². The molecule has 2 atom stereocenters. The second-order valence-electron chi connectivity index (χ2n) is 6.14. The van der Waals surface area contributed by atoms with Gasteiger partial charge in [0, 0.05) is 0 Å². The highest BCUT2D eigenvalue weighted by Gasteiger charge is 2.64. The van der Waals surface area contributed by atoms with Crippen LogP contribution in [0.5, 0.6) is 0 Å². The fourth-order valence-corrected chi connectivity index (χ4v) is 2.62. The summed E-state index contributed by atoms with van der Waals surface area (Å²) >= 11 is 0. The minimum atomic E-state index is -0.604. The number of hydrogen-bond acceptors (Lipinski definition) is 3. The number of ether oxygens (including phenoxy) is 1. The molecule has 0 aromatic carbocycles. The van der Waals surface area contributed by atoms with Crippen LogP contribution in [-0.2, 0) is 14.3 Å². The highest BCUT2D eigenvalue weighted by molar-refractivity contribution is 5.98. The number of allylic oxidation sites excluding steroid dienone is 2. The zero-order valence-electron chi connectivity index (χ0n) is 11.0. The Kier molecular flexibility index (Phi) is 2.58. The quantitative estimate of drug-likeness (QED) is 0.546. The van der Waals surface area contributed by atoms with Gasteiger partial charge in [-0.15, -0.1) is 0 Å². The van der Waals surface area contributed by atoms with Gasteiger partial charge in [-0.25, -0.2) is 0 Å². The maximum Gasteiger partial charge on any atom is 0.177 e. The van der Waals surface area contributed by atoms with Crippen molar-refractivity contribution in [1.82, 2.24) is 0 Å². The van der Waals surface area contributed by atoms with Crippen LogP contribution < -0.4 is 0 Å². The van der Waals surface area contributed by atoms with Crippen LogP contribution in [0.25, 0.3) is 0 Å². The maximum atomic E-state index is 12.6. The average molecular weight is 236 g/mol. The Bertz CT molecular complexity index is 402. The first-order chi connectivity index (χ1) is 7.74. The minimum absolute atomic E-state index is 0.0221. The van der Waals surface area contributed by atoms with E-state index in [0.717, 1.165) is 12.8 Å². The summed E-state index contributed by atoms with van der Waals surface area (Å²) in [5.41, 5.74) is -1.27. The molecule has 3 heteroatoms. The highest BCUT2D eigenvalue weighted by Crippen LogP contribution is 2.56. The van der Waals surface area contributed by atoms with Gasteiger partial charge in [0.1, 0.15) is 0 Å². The highest BCUT2D eigenvalue weighted by atomic mass is 16.6. The van der Waals surface area contributed by atoms with Crippen molar-refractivity contribution in [1.29, 1.82) is 0 Å². The molecule has 0 bridgehead atoms. The fraction of sp³-hybridized carbons (Fsp3) is 0.714. The van der Waals surface area contributed by atoms with Crippen LogP contribution in [0.4, 0.5) is 0 Å². The van der Waals surface area contributed by atoms with Gasteiger partial charge in [0.2, 0.25) is 0 Å². The topological polar surface area (TPSA) is 46.7 Å². The molecule has 3 nitrogen and oxygen atoms in total. The van der Waals surface area contributed by atoms with E-state index < -0.39 is 11.0 Å². The average Bonchev–Trinajstić information content (AvgIpc) is 3.01. The van der Waals surface area contributed by atoms with Crippen LogP contribution in [0.3, 0.4) is 0 Å². The molecule has 1 saturated heterocycles. The summed E-state index contributed by atoms with van der Waals surface area (Å²) in [6, 6.07) is 0. The van der Waals surface area contributed by atoms with Crippen molar-refractivity contribution >= 4 is 11.6 Å². The first-order valence-electron chi connectivity index (χ1n) is 6.12. The molecule has 17 heavy (non-hydrogen) atoms. The van der Waals surface area contributed by atoms with Crippen molar-refractivity contribution < 1.29 is 14.3 Å². The van der Waals surface area contributed by atoms with Crippen molar-refractivity contribution in [3.8, 4) is 0 Å². The fourth-order valence-electron chi connectivity index (χ4n) is 2.62. The molecule has 94 valence electrons. The molecule has 2 rings (SSSR count). The van der Waals surface area contributed by atoms with Crippen LogP contribution in [0, 0.1) is 10.8 Å². The van der Waals surface area contributed by atoms with E-state index in [1.54, 1.807) is 6.08 Å². The molecule has 1 spiro atoms. The molecule has 1 aliphatic heterocycles. The van der Waals surface area contributed by atoms with Crippen LogP contribution in [0.15, 0.2) is 12.2 Å². The summed E-state index contributed by atoms with van der Waals surface area (Å²) in [5, 5.41) is 0. The first kappa shape index (κ1) is 12.5. The lowest BCUT2D eigenvalue weighted by molar-refractivity contribution is -0.141. The molecule has 0 radical (unpaired) electrons. The summed E-state index contributed by atoms with van der Waals surface area (Å²) < 4.78 is 5.38. The SMILES string of the molecule is CC(=O)C=CC1(C)C(=O)C2(CCC1(C)C)CO2. The van der Waals surface area contributed by atoms with Gasteiger partial charge < -0.3 is 4.74 Å². The second-order valence-corrected chi connectivity index (χ2v) is 6.14. The van der Waals surface area contributed by atoms with Gasteiger partial charge in [-0.1, -0.05) is 19.9 Å². The van der Waals surface area contributed by atoms with Gasteiger partial charge in [-0.3, -0.25) is 9.59 Å². The van der Waals surface area contributed by atoms with Crippen LogP contribution >= 0.6 is 0 Å². The van der Waals surface area contributed by atoms with E-state index >= 15 is 0 Å². The predicted octanol–water partition coefficient (Wildman–Crippen LogP) is 2.30. The van der Waals surface area contributed by atoms with E-state index in [1.807, 2.05) is 6.92 Å². The van der Waals surface area contributed by atoms with Gasteiger partial charge in [0.25, 0.3) is 0 Å². The molecule has 2 fully saturated rings. The summed E-state index contributed by atoms with van der Waals surface area (Å²) in [4.78, 5) is 23.7. The molecular formula is C14H20O3. The van der Waals surface area contributed by atoms with Crippen molar-refractivity contribution in [2.45, 2.75) is 46.1 Å². The Balaban J connectivity index is 2.37. The van der Waals surface area contributed by atoms with E-state index in [4.69, 9.17) is 4.74 Å². The Hall–Kier alpha value is -0.960. The Labute approximate surface area is 102 Å². The zero-order chi connectivity index (χ0) is 12.9. The summed E-state index contributed by atoms with van der Waals surface area (Å²) in [5.74, 6) is 0.116. The minimum Gasteiger partial charge on any atom is -0.361 e. The molecule has 0 aromatic heterocycles. The van der Waals surface area contributed by atoms with Gasteiger partial charge in [0.05, 0.1) is 12.0 Å². The van der Waals surface area contributed by atoms with E-state index in [-0.39, 0.29) is 17.0 Å². The molecule has 2 aliphatic rings. The third kappa shape index (κ3) is 1.77. The third-order valence-electron chi connectivity index (χ3n) is 4.59. The monoisotopic (exact) mass is 236 g/mol. The van der Waals surface area contributed by atoms with E-state index in [1.165, 1.54) is 13.0 Å². The number of carbonyl (C=O) groups excluding carboxylic acids is 2. The van der Waals surface area contributed by atoms with Gasteiger partial charge in [-0.05, 0) is 38.2 Å². The Morgan fingerprint density at radius 3 is 2.35 bits per heavy atom. The molecule has 0 N–H and O–H groups in total. The third-order valence-corrected chi connectivity index (χ3v) is 4.59. The largest absolute Gasteiger partial charge is 0.361 e. The molecule has 1 saturated carbocycles. The van der Waals surface area contributed by atoms with Gasteiger partial charge in [-0.2, -0.15) is 0 Å². The van der Waals surface area contributed by atoms with Crippen molar-refractivity contribution in [2.24, 2.45) is 10.8 Å². The van der Waals surface area contributed by atoms with Crippen molar-refractivity contribution in [3.05, 3.63) is 12.2 Å². The first-order valence-corrected chi connectivity index (χ1v) is 6.12. The zero-order valence-corrected chi connectivity index (χ0v) is 11.0. The van der Waals surface area contributed by atoms with Crippen molar-refractivity contribution in [2.75, 3.05) is 6.61 Å². The molecule has 0 aromatic rings. The summed E-state index contributed by atoms with van der Waals surface area (Å²) in [6.45, 7) is 8.15. The number of hydrogen-bond donors (Lipinski definition) is 0. The second kappa shape index (κ2) is 3.52. The summed E-state index contributed by atoms with van der Waals surface area (Å²) in [7, 11) is 0. The number of rotatable bonds is 2. The van der Waals surface area contributed by atoms with Gasteiger partial charge in [0.15, 0.2) is 17.2 Å². The number of epoxide rings is 1. The number of Topliss-reactive ketones (excluding diaryl/α,β-unsaturated/α-hetero) is 1. The predicted molar refractivity (Wildman–Crippen MR) is 64.6 cm³/mol. The lowest BCUT2D eigenvalue weighted by Crippen LogP contribution is -2.52. The molecule has 1 aliphatic carbocycles. The van der Waals surface area contributed by atoms with E-state index in [9.17, 15) is 9.59 Å². The Morgan fingerprint density at radius 2 is 1.88 bits per heavy atom. The number of carbonyl (C=O) groups is 2. The smallest absolute Gasteiger partial charge is 0.177 e. The Morgan fingerprint density at radius 1 is 1.29 bits per heavy atom. The van der Waals surface area contributed by atoms with E-state index in [0.29, 0.717) is 6.61 Å². The lowest BCUT2D eigenvalue weighted by atomic mass is 9.55. The summed E-state index contributed by atoms with van der Waals surface area (Å²) in [6.07, 6.45) is 5.04. The van der Waals surface area contributed by atoms with Crippen LogP contribution in [-0.4, -0.2) is 23.8 Å². The normalized spacial score (nSPS) is 39.9. The maximum absolute atomic E-state index is 12.6. The number of ketones is 2. The molecule has 1 heterocycles. The molecular weight excluding hydrogens is 216 g/mol.